The smallest absolute Gasteiger partial charge is 0.309 e. The predicted octanol–water partition coefficient (Wildman–Crippen LogP) is 17.4. The minimum atomic E-state index is -4.90. The summed E-state index contributed by atoms with van der Waals surface area (Å²) in [5.41, 5.74) is 6.15. The Balaban J connectivity index is 1.05. The van der Waals surface area contributed by atoms with Crippen LogP contribution in [0.4, 0.5) is 18.9 Å². The Kier molecular flexibility index (Phi) is 11.8. The van der Waals surface area contributed by atoms with Gasteiger partial charge in [-0.3, -0.25) is 0 Å². The summed E-state index contributed by atoms with van der Waals surface area (Å²) < 4.78 is 51.2. The molecule has 0 radical (unpaired) electrons. The van der Waals surface area contributed by atoms with E-state index < -0.39 is 11.7 Å². The fraction of sp³-hybridized carbons (Fsp3) is 0.0145. The van der Waals surface area contributed by atoms with Crippen LogP contribution in [0.3, 0.4) is 0 Å². The van der Waals surface area contributed by atoms with E-state index in [-0.39, 0.29) is 33.8 Å². The van der Waals surface area contributed by atoms with Crippen LogP contribution in [0.5, 0.6) is 0 Å². The van der Waals surface area contributed by atoms with E-state index >= 15 is 13.2 Å². The number of hydrogen-bond donors (Lipinski definition) is 0. The summed E-state index contributed by atoms with van der Waals surface area (Å²) in [6.45, 7) is 8.42. The molecule has 0 saturated carbocycles. The molecule has 14 aromatic rings. The van der Waals surface area contributed by atoms with Crippen molar-refractivity contribution in [1.82, 2.24) is 39.0 Å². The highest BCUT2D eigenvalue weighted by Gasteiger charge is 2.36. The maximum absolute atomic E-state index is 15.8. The van der Waals surface area contributed by atoms with Crippen LogP contribution in [0.15, 0.2) is 237 Å². The second-order valence-corrected chi connectivity index (χ2v) is 19.6. The van der Waals surface area contributed by atoms with Crippen molar-refractivity contribution in [3.8, 4) is 96.9 Å². The molecule has 0 aliphatic rings. The summed E-state index contributed by atoms with van der Waals surface area (Å²) in [7, 11) is 0. The van der Waals surface area contributed by atoms with Crippen LogP contribution in [0.2, 0.25) is 0 Å². The molecule has 0 aliphatic carbocycles. The maximum Gasteiger partial charge on any atom is 0.415 e. The van der Waals surface area contributed by atoms with Gasteiger partial charge in [0, 0.05) is 60.5 Å². The average molecular weight is 1070 g/mol. The molecule has 0 fully saturated rings. The molecule has 0 amide bonds. The molecule has 0 saturated heterocycles. The van der Waals surface area contributed by atoms with Gasteiger partial charge in [0.05, 0.1) is 51.1 Å². The first-order valence-electron chi connectivity index (χ1n) is 26.2. The largest absolute Gasteiger partial charge is 0.415 e. The number of benzene rings is 10. The Hall–Kier alpha value is -11.4. The summed E-state index contributed by atoms with van der Waals surface area (Å²) in [6, 6.07) is 74.9. The monoisotopic (exact) mass is 1060 g/mol. The van der Waals surface area contributed by atoms with Crippen molar-refractivity contribution < 1.29 is 13.2 Å². The van der Waals surface area contributed by atoms with Crippen LogP contribution >= 0.6 is 0 Å². The highest BCUT2D eigenvalue weighted by Crippen LogP contribution is 2.48. The minimum absolute atomic E-state index is 0.0680. The van der Waals surface area contributed by atoms with Gasteiger partial charge >= 0.3 is 6.18 Å². The zero-order valence-electron chi connectivity index (χ0n) is 43.1. The fourth-order valence-electron chi connectivity index (χ4n) is 11.0. The van der Waals surface area contributed by atoms with Gasteiger partial charge in [-0.1, -0.05) is 200 Å². The molecule has 0 spiro atoms. The van der Waals surface area contributed by atoms with E-state index in [0.29, 0.717) is 68.1 Å². The SMILES string of the molecule is [C-]#[N+]c1cccc(C(F)(F)F)c1-c1cc(-n2c3ccccc3c3ccc(-c4nc(-c5ccccc5)nc(-c5ccccc5)n4)cc32)c(C#N)cc1-n1c2ccccc2c2ccc(-c3nc(-c4ccccc4)nc(-c4ccccc4)n3)cc21. The van der Waals surface area contributed by atoms with E-state index in [1.807, 2.05) is 215 Å². The first-order valence-corrected chi connectivity index (χ1v) is 26.2. The third-order valence-electron chi connectivity index (χ3n) is 14.7. The van der Waals surface area contributed by atoms with Gasteiger partial charge in [-0.25, -0.2) is 34.7 Å². The van der Waals surface area contributed by atoms with Crippen LogP contribution in [0.1, 0.15) is 11.1 Å². The van der Waals surface area contributed by atoms with Gasteiger partial charge in [0.15, 0.2) is 40.6 Å². The quantitative estimate of drug-likeness (QED) is 0.132. The molecule has 4 heterocycles. The van der Waals surface area contributed by atoms with Crippen LogP contribution in [-0.4, -0.2) is 39.0 Å². The lowest BCUT2D eigenvalue weighted by Gasteiger charge is -2.22. The number of hydrogen-bond acceptors (Lipinski definition) is 7. The van der Waals surface area contributed by atoms with Gasteiger partial charge in [-0.15, -0.1) is 0 Å². The molecular formula is C69H39F3N10. The number of fused-ring (bicyclic) bond motifs is 6. The van der Waals surface area contributed by atoms with Crippen molar-refractivity contribution in [2.75, 3.05) is 0 Å². The predicted molar refractivity (Wildman–Crippen MR) is 316 cm³/mol. The van der Waals surface area contributed by atoms with E-state index in [0.717, 1.165) is 49.9 Å². The van der Waals surface area contributed by atoms with Crippen LogP contribution < -0.4 is 0 Å². The van der Waals surface area contributed by atoms with Crippen molar-refractivity contribution >= 4 is 49.3 Å². The molecule has 386 valence electrons. The Labute approximate surface area is 466 Å². The first-order chi connectivity index (χ1) is 40.2. The van der Waals surface area contributed by atoms with Crippen molar-refractivity contribution in [1.29, 1.82) is 5.26 Å². The van der Waals surface area contributed by atoms with Crippen molar-refractivity contribution in [2.24, 2.45) is 0 Å². The number of alkyl halides is 3. The molecule has 82 heavy (non-hydrogen) atoms. The second-order valence-electron chi connectivity index (χ2n) is 19.6. The van der Waals surface area contributed by atoms with Crippen molar-refractivity contribution in [2.45, 2.75) is 6.18 Å². The minimum Gasteiger partial charge on any atom is -0.309 e. The van der Waals surface area contributed by atoms with Gasteiger partial charge in [0.1, 0.15) is 6.07 Å². The number of aromatic nitrogens is 8. The topological polar surface area (TPSA) is 115 Å². The van der Waals surface area contributed by atoms with Crippen molar-refractivity contribution in [3.05, 3.63) is 259 Å². The molecule has 0 aliphatic heterocycles. The molecule has 13 heteroatoms. The molecule has 0 atom stereocenters. The number of rotatable bonds is 9. The number of para-hydroxylation sites is 2. The average Bonchev–Trinajstić information content (AvgIpc) is 3.20. The zero-order valence-corrected chi connectivity index (χ0v) is 43.1. The molecule has 4 aromatic heterocycles. The Bertz CT molecular complexity index is 4810. The summed E-state index contributed by atoms with van der Waals surface area (Å²) in [6.07, 6.45) is -4.90. The van der Waals surface area contributed by atoms with Gasteiger partial charge in [0.2, 0.25) is 0 Å². The summed E-state index contributed by atoms with van der Waals surface area (Å²) in [5.74, 6) is 2.60. The van der Waals surface area contributed by atoms with Gasteiger partial charge in [0.25, 0.3) is 0 Å². The lowest BCUT2D eigenvalue weighted by molar-refractivity contribution is -0.137. The highest BCUT2D eigenvalue weighted by molar-refractivity contribution is 6.12. The fourth-order valence-corrected chi connectivity index (χ4v) is 11.0. The molecule has 10 aromatic carbocycles. The molecule has 14 rings (SSSR count). The van der Waals surface area contributed by atoms with Gasteiger partial charge in [-0.2, -0.15) is 18.4 Å². The van der Waals surface area contributed by atoms with Crippen molar-refractivity contribution in [3.63, 3.8) is 0 Å². The third kappa shape index (κ3) is 8.45. The molecular weight excluding hydrogens is 1030 g/mol. The summed E-state index contributed by atoms with van der Waals surface area (Å²) in [4.78, 5) is 33.6. The standard InChI is InChI=1S/C69H39F3N10/c1-74-55-30-18-29-54(69(70,71)72)62(55)53-40-58(81-56-31-16-14-27-49(56)51-35-33-46(37-59(51)81)67-77-63(42-19-6-2-7-20-42)75-64(78-67)43-21-8-3-9-22-43)48(41-73)39-61(53)82-57-32-17-15-28-50(57)52-36-34-47(38-60(52)82)68-79-65(44-23-10-4-11-24-44)76-66(80-68)45-25-12-5-13-26-45/h2-40H. The Morgan fingerprint density at radius 2 is 0.756 bits per heavy atom. The van der Waals surface area contributed by atoms with E-state index in [1.165, 1.54) is 12.1 Å². The summed E-state index contributed by atoms with van der Waals surface area (Å²) in [5, 5.41) is 14.8. The van der Waals surface area contributed by atoms with E-state index in [2.05, 4.69) is 10.9 Å². The lowest BCUT2D eigenvalue weighted by Crippen LogP contribution is -2.10. The number of nitrogens with zero attached hydrogens (tertiary/aromatic N) is 10. The maximum atomic E-state index is 15.8. The van der Waals surface area contributed by atoms with E-state index in [9.17, 15) is 5.26 Å². The van der Waals surface area contributed by atoms with Crippen LogP contribution in [-0.2, 0) is 6.18 Å². The molecule has 0 unspecified atom stereocenters. The number of nitriles is 1. The second kappa shape index (κ2) is 19.8. The van der Waals surface area contributed by atoms with Gasteiger partial charge < -0.3 is 9.13 Å². The zero-order chi connectivity index (χ0) is 55.5. The van der Waals surface area contributed by atoms with Crippen LogP contribution in [0.25, 0.3) is 139 Å². The van der Waals surface area contributed by atoms with Crippen LogP contribution in [0, 0.1) is 17.9 Å². The Morgan fingerprint density at radius 1 is 0.378 bits per heavy atom. The molecule has 0 bridgehead atoms. The van der Waals surface area contributed by atoms with E-state index in [4.69, 9.17) is 36.5 Å². The lowest BCUT2D eigenvalue weighted by atomic mass is 9.93. The summed E-state index contributed by atoms with van der Waals surface area (Å²) >= 11 is 0. The molecule has 10 nitrogen and oxygen atoms in total. The normalized spacial score (nSPS) is 11.6. The Morgan fingerprint density at radius 3 is 1.16 bits per heavy atom. The highest BCUT2D eigenvalue weighted by atomic mass is 19.4. The molecule has 0 N–H and O–H groups in total. The van der Waals surface area contributed by atoms with Gasteiger partial charge in [-0.05, 0) is 42.0 Å². The third-order valence-corrected chi connectivity index (χ3v) is 14.7. The van der Waals surface area contributed by atoms with E-state index in [1.54, 1.807) is 12.1 Å². The first kappa shape index (κ1) is 48.9. The number of halogens is 3.